The van der Waals surface area contributed by atoms with Gasteiger partial charge in [0.15, 0.2) is 6.10 Å². The minimum Gasteiger partial charge on any atom is -0.508 e. The maximum atomic E-state index is 12.2. The third-order valence-corrected chi connectivity index (χ3v) is 4.82. The number of phenols is 1. The van der Waals surface area contributed by atoms with Crippen molar-refractivity contribution in [2.75, 3.05) is 6.61 Å². The van der Waals surface area contributed by atoms with Gasteiger partial charge in [0.2, 0.25) is 0 Å². The molecule has 1 aromatic rings. The zero-order valence-electron chi connectivity index (χ0n) is 17.5. The van der Waals surface area contributed by atoms with Crippen LogP contribution in [0, 0.1) is 6.92 Å². The first-order valence-corrected chi connectivity index (χ1v) is 10.7. The third kappa shape index (κ3) is 10.3. The molecule has 1 atom stereocenters. The van der Waals surface area contributed by atoms with Gasteiger partial charge in [0.1, 0.15) is 11.5 Å². The molecular formula is C23H38O4. The standard InChI is InChI=1S/C23H38O4/c1-4-6-7-8-9-10-11-12-13-14-15-22(23(25)26-5-2)27-20-16-17-21(24)19(3)18-20/h16-18,22,24H,4-15H2,1-3H3. The fourth-order valence-electron chi connectivity index (χ4n) is 3.14. The van der Waals surface area contributed by atoms with E-state index in [0.717, 1.165) is 18.4 Å². The lowest BCUT2D eigenvalue weighted by atomic mass is 10.0. The molecule has 0 aromatic heterocycles. The number of carbonyl (C=O) groups excluding carboxylic acids is 1. The summed E-state index contributed by atoms with van der Waals surface area (Å²) in [6.45, 7) is 6.21. The average molecular weight is 379 g/mol. The second-order valence-electron chi connectivity index (χ2n) is 7.28. The van der Waals surface area contributed by atoms with Crippen LogP contribution >= 0.6 is 0 Å². The minimum atomic E-state index is -0.581. The lowest BCUT2D eigenvalue weighted by Gasteiger charge is -2.18. The molecule has 0 heterocycles. The van der Waals surface area contributed by atoms with Crippen molar-refractivity contribution in [3.63, 3.8) is 0 Å². The van der Waals surface area contributed by atoms with Crippen molar-refractivity contribution in [1.82, 2.24) is 0 Å². The third-order valence-electron chi connectivity index (χ3n) is 4.82. The van der Waals surface area contributed by atoms with Crippen molar-refractivity contribution >= 4 is 5.97 Å². The lowest BCUT2D eigenvalue weighted by molar-refractivity contribution is -0.151. The Kier molecular flexibility index (Phi) is 12.4. The fraction of sp³-hybridized carbons (Fsp3) is 0.696. The zero-order chi connectivity index (χ0) is 19.9. The number of aromatic hydroxyl groups is 1. The monoisotopic (exact) mass is 378 g/mol. The van der Waals surface area contributed by atoms with Crippen LogP contribution in [0.2, 0.25) is 0 Å². The van der Waals surface area contributed by atoms with Gasteiger partial charge in [0, 0.05) is 0 Å². The molecule has 1 aromatic carbocycles. The van der Waals surface area contributed by atoms with Crippen molar-refractivity contribution < 1.29 is 19.4 Å². The summed E-state index contributed by atoms with van der Waals surface area (Å²) >= 11 is 0. The number of unbranched alkanes of at least 4 members (excludes halogenated alkanes) is 9. The number of rotatable bonds is 15. The van der Waals surface area contributed by atoms with Crippen LogP contribution < -0.4 is 4.74 Å². The Morgan fingerprint density at radius 1 is 0.963 bits per heavy atom. The molecule has 1 rings (SSSR count). The molecule has 0 radical (unpaired) electrons. The number of esters is 1. The number of aryl methyl sites for hydroxylation is 1. The topological polar surface area (TPSA) is 55.8 Å². The Morgan fingerprint density at radius 3 is 2.11 bits per heavy atom. The molecule has 0 bridgehead atoms. The van der Waals surface area contributed by atoms with Crippen LogP contribution in [0.3, 0.4) is 0 Å². The first kappa shape index (κ1) is 23.3. The lowest BCUT2D eigenvalue weighted by Crippen LogP contribution is -2.29. The van der Waals surface area contributed by atoms with Crippen LogP contribution in [-0.2, 0) is 9.53 Å². The van der Waals surface area contributed by atoms with Gasteiger partial charge in [-0.25, -0.2) is 4.79 Å². The summed E-state index contributed by atoms with van der Waals surface area (Å²) in [5.41, 5.74) is 0.731. The van der Waals surface area contributed by atoms with E-state index < -0.39 is 6.10 Å². The van der Waals surface area contributed by atoms with Gasteiger partial charge in [-0.05, 0) is 50.5 Å². The molecule has 4 heteroatoms. The van der Waals surface area contributed by atoms with E-state index >= 15 is 0 Å². The highest BCUT2D eigenvalue weighted by Crippen LogP contribution is 2.24. The largest absolute Gasteiger partial charge is 0.508 e. The van der Waals surface area contributed by atoms with Gasteiger partial charge in [-0.15, -0.1) is 0 Å². The maximum Gasteiger partial charge on any atom is 0.347 e. The fourth-order valence-corrected chi connectivity index (χ4v) is 3.14. The zero-order valence-corrected chi connectivity index (χ0v) is 17.5. The van der Waals surface area contributed by atoms with E-state index in [2.05, 4.69) is 6.92 Å². The summed E-state index contributed by atoms with van der Waals surface area (Å²) in [6.07, 6.45) is 12.7. The molecule has 0 aliphatic rings. The SMILES string of the molecule is CCCCCCCCCCCCC(Oc1ccc(O)c(C)c1)C(=O)OCC. The van der Waals surface area contributed by atoms with E-state index in [0.29, 0.717) is 18.8 Å². The second-order valence-corrected chi connectivity index (χ2v) is 7.28. The molecule has 154 valence electrons. The summed E-state index contributed by atoms with van der Waals surface area (Å²) in [5.74, 6) is 0.513. The molecule has 1 unspecified atom stereocenters. The summed E-state index contributed by atoms with van der Waals surface area (Å²) < 4.78 is 11.0. The highest BCUT2D eigenvalue weighted by Gasteiger charge is 2.21. The summed E-state index contributed by atoms with van der Waals surface area (Å²) in [6, 6.07) is 5.03. The minimum absolute atomic E-state index is 0.227. The second kappa shape index (κ2) is 14.4. The van der Waals surface area contributed by atoms with E-state index in [1.54, 1.807) is 25.1 Å². The maximum absolute atomic E-state index is 12.2. The smallest absolute Gasteiger partial charge is 0.347 e. The molecule has 4 nitrogen and oxygen atoms in total. The van der Waals surface area contributed by atoms with Crippen molar-refractivity contribution in [3.05, 3.63) is 23.8 Å². The van der Waals surface area contributed by atoms with Crippen LogP contribution in [0.25, 0.3) is 0 Å². The predicted molar refractivity (Wildman–Crippen MR) is 110 cm³/mol. The van der Waals surface area contributed by atoms with Crippen LogP contribution in [0.4, 0.5) is 0 Å². The van der Waals surface area contributed by atoms with Gasteiger partial charge in [0.05, 0.1) is 6.61 Å². The van der Waals surface area contributed by atoms with Crippen LogP contribution in [0.5, 0.6) is 11.5 Å². The molecule has 0 aliphatic carbocycles. The molecule has 27 heavy (non-hydrogen) atoms. The Balaban J connectivity index is 2.31. The average Bonchev–Trinajstić information content (AvgIpc) is 2.65. The molecule has 0 saturated heterocycles. The Morgan fingerprint density at radius 2 is 1.56 bits per heavy atom. The van der Waals surface area contributed by atoms with Gasteiger partial charge in [-0.3, -0.25) is 0 Å². The van der Waals surface area contributed by atoms with Gasteiger partial charge < -0.3 is 14.6 Å². The normalized spacial score (nSPS) is 12.0. The molecular weight excluding hydrogens is 340 g/mol. The summed E-state index contributed by atoms with van der Waals surface area (Å²) in [4.78, 5) is 12.2. The van der Waals surface area contributed by atoms with E-state index in [1.807, 2.05) is 6.92 Å². The molecule has 0 amide bonds. The van der Waals surface area contributed by atoms with E-state index in [9.17, 15) is 9.90 Å². The van der Waals surface area contributed by atoms with Gasteiger partial charge in [-0.1, -0.05) is 64.7 Å². The molecule has 0 aliphatic heterocycles. The number of benzene rings is 1. The van der Waals surface area contributed by atoms with Crippen LogP contribution in [0.15, 0.2) is 18.2 Å². The Labute approximate surface area is 165 Å². The van der Waals surface area contributed by atoms with Crippen molar-refractivity contribution in [2.45, 2.75) is 97.5 Å². The van der Waals surface area contributed by atoms with Gasteiger partial charge in [-0.2, -0.15) is 0 Å². The Hall–Kier alpha value is -1.71. The first-order chi connectivity index (χ1) is 13.1. The molecule has 1 N–H and O–H groups in total. The summed E-state index contributed by atoms with van der Waals surface area (Å²) in [5, 5.41) is 9.63. The highest BCUT2D eigenvalue weighted by atomic mass is 16.6. The van der Waals surface area contributed by atoms with Crippen molar-refractivity contribution in [1.29, 1.82) is 0 Å². The summed E-state index contributed by atoms with van der Waals surface area (Å²) in [7, 11) is 0. The van der Waals surface area contributed by atoms with Gasteiger partial charge >= 0.3 is 5.97 Å². The van der Waals surface area contributed by atoms with Crippen molar-refractivity contribution in [2.24, 2.45) is 0 Å². The van der Waals surface area contributed by atoms with E-state index in [1.165, 1.54) is 51.4 Å². The number of hydrogen-bond acceptors (Lipinski definition) is 4. The quantitative estimate of drug-likeness (QED) is 0.286. The molecule has 0 saturated carbocycles. The predicted octanol–water partition coefficient (Wildman–Crippen LogP) is 6.32. The Bertz CT molecular complexity index is 527. The van der Waals surface area contributed by atoms with E-state index in [4.69, 9.17) is 9.47 Å². The molecule has 0 spiro atoms. The van der Waals surface area contributed by atoms with Crippen LogP contribution in [0.1, 0.15) is 90.0 Å². The number of phenolic OH excluding ortho intramolecular Hbond substituents is 1. The van der Waals surface area contributed by atoms with Crippen molar-refractivity contribution in [3.8, 4) is 11.5 Å². The number of hydrogen-bond donors (Lipinski definition) is 1. The first-order valence-electron chi connectivity index (χ1n) is 10.7. The number of carbonyl (C=O) groups is 1. The van der Waals surface area contributed by atoms with Crippen LogP contribution in [-0.4, -0.2) is 23.8 Å². The molecule has 0 fully saturated rings. The number of ether oxygens (including phenoxy) is 2. The van der Waals surface area contributed by atoms with Gasteiger partial charge in [0.25, 0.3) is 0 Å². The van der Waals surface area contributed by atoms with E-state index in [-0.39, 0.29) is 11.7 Å². The highest BCUT2D eigenvalue weighted by molar-refractivity contribution is 5.75.